The van der Waals surface area contributed by atoms with Crippen molar-refractivity contribution in [3.05, 3.63) is 0 Å². The number of carbonyl (C=O) groups excluding carboxylic acids is 1. The molecule has 1 amide bonds. The predicted molar refractivity (Wildman–Crippen MR) is 55.9 cm³/mol. The molecule has 80 valence electrons. The van der Waals surface area contributed by atoms with Crippen molar-refractivity contribution in [2.45, 2.75) is 60.1 Å². The third kappa shape index (κ3) is 14.2. The van der Waals surface area contributed by atoms with Gasteiger partial charge < -0.3 is 10.1 Å². The van der Waals surface area contributed by atoms with E-state index in [-0.39, 0.29) is 12.1 Å². The maximum atomic E-state index is 10.9. The molecule has 0 aliphatic heterocycles. The van der Waals surface area contributed by atoms with E-state index in [0.29, 0.717) is 0 Å². The largest absolute Gasteiger partial charge is 0.444 e. The Morgan fingerprint density at radius 1 is 1.23 bits per heavy atom. The van der Waals surface area contributed by atoms with E-state index in [1.165, 1.54) is 0 Å². The fourth-order valence-electron chi connectivity index (χ4n) is 0.543. The van der Waals surface area contributed by atoms with Crippen LogP contribution in [0.1, 0.15) is 48.5 Å². The lowest BCUT2D eigenvalue weighted by Gasteiger charge is -2.20. The second-order valence-electron chi connectivity index (χ2n) is 3.80. The molecule has 0 rings (SSSR count). The number of alkyl carbamates (subject to hydrolysis) is 1. The molecule has 0 atom stereocenters. The summed E-state index contributed by atoms with van der Waals surface area (Å²) in [6.45, 7) is 13.3. The first-order chi connectivity index (χ1) is 5.81. The van der Waals surface area contributed by atoms with E-state index in [0.717, 1.165) is 0 Å². The van der Waals surface area contributed by atoms with Gasteiger partial charge in [-0.1, -0.05) is 13.8 Å². The molecule has 0 aromatic heterocycles. The fraction of sp³-hybridized carbons (Fsp3) is 0.900. The summed E-state index contributed by atoms with van der Waals surface area (Å²) in [4.78, 5) is 10.9. The van der Waals surface area contributed by atoms with E-state index >= 15 is 0 Å². The van der Waals surface area contributed by atoms with Crippen LogP contribution in [-0.2, 0) is 4.74 Å². The smallest absolute Gasteiger partial charge is 0.407 e. The molecule has 0 spiro atoms. The first kappa shape index (κ1) is 14.8. The van der Waals surface area contributed by atoms with Crippen LogP contribution in [0.5, 0.6) is 0 Å². The first-order valence-electron chi connectivity index (χ1n) is 4.81. The van der Waals surface area contributed by atoms with Gasteiger partial charge in [-0.25, -0.2) is 4.79 Å². The summed E-state index contributed by atoms with van der Waals surface area (Å²) < 4.78 is 5.00. The molecule has 0 fully saturated rings. The zero-order valence-corrected chi connectivity index (χ0v) is 9.89. The van der Waals surface area contributed by atoms with Crippen LogP contribution in [0.2, 0.25) is 0 Å². The highest BCUT2D eigenvalue weighted by Gasteiger charge is 2.15. The van der Waals surface area contributed by atoms with Gasteiger partial charge in [-0.15, -0.1) is 0 Å². The van der Waals surface area contributed by atoms with E-state index in [1.54, 1.807) is 0 Å². The SMILES string of the molecule is CC.CC(C)NC(=O)OC(C)(C)C. The first-order valence-corrected chi connectivity index (χ1v) is 4.81. The molecule has 0 radical (unpaired) electrons. The molecule has 0 aliphatic rings. The summed E-state index contributed by atoms with van der Waals surface area (Å²) in [6.07, 6.45) is -0.354. The van der Waals surface area contributed by atoms with Crippen LogP contribution in [0.3, 0.4) is 0 Å². The number of rotatable bonds is 1. The Morgan fingerprint density at radius 2 is 1.62 bits per heavy atom. The van der Waals surface area contributed by atoms with Gasteiger partial charge in [0.1, 0.15) is 5.60 Å². The Hall–Kier alpha value is -0.730. The van der Waals surface area contributed by atoms with Gasteiger partial charge in [0.15, 0.2) is 0 Å². The molecule has 1 N–H and O–H groups in total. The van der Waals surface area contributed by atoms with Crippen LogP contribution in [-0.4, -0.2) is 17.7 Å². The normalized spacial score (nSPS) is 10.2. The third-order valence-electron chi connectivity index (χ3n) is 0.805. The lowest BCUT2D eigenvalue weighted by molar-refractivity contribution is 0.0512. The monoisotopic (exact) mass is 189 g/mol. The van der Waals surface area contributed by atoms with Crippen molar-refractivity contribution in [3.8, 4) is 0 Å². The minimum absolute atomic E-state index is 0.129. The van der Waals surface area contributed by atoms with E-state index < -0.39 is 5.60 Å². The standard InChI is InChI=1S/C8H17NO2.C2H6/c1-6(2)9-7(10)11-8(3,4)5;1-2/h6H,1-5H3,(H,9,10);1-2H3. The van der Waals surface area contributed by atoms with Crippen molar-refractivity contribution in [1.29, 1.82) is 0 Å². The zero-order valence-electron chi connectivity index (χ0n) is 9.89. The highest BCUT2D eigenvalue weighted by Crippen LogP contribution is 2.06. The molecule has 3 nitrogen and oxygen atoms in total. The summed E-state index contributed by atoms with van der Waals surface area (Å²) in [7, 11) is 0. The van der Waals surface area contributed by atoms with E-state index in [2.05, 4.69) is 5.32 Å². The molecule has 13 heavy (non-hydrogen) atoms. The van der Waals surface area contributed by atoms with Crippen molar-refractivity contribution >= 4 is 6.09 Å². The minimum Gasteiger partial charge on any atom is -0.444 e. The number of amides is 1. The molecule has 0 bridgehead atoms. The van der Waals surface area contributed by atoms with Crippen molar-refractivity contribution in [1.82, 2.24) is 5.32 Å². The molecule has 0 aromatic rings. The average molecular weight is 189 g/mol. The molecule has 0 heterocycles. The Bertz CT molecular complexity index is 136. The van der Waals surface area contributed by atoms with E-state index in [9.17, 15) is 4.79 Å². The average Bonchev–Trinajstić information content (AvgIpc) is 1.85. The molecule has 3 heteroatoms. The van der Waals surface area contributed by atoms with E-state index in [4.69, 9.17) is 4.74 Å². The summed E-state index contributed by atoms with van der Waals surface area (Å²) in [5.74, 6) is 0. The molecule has 0 saturated carbocycles. The summed E-state index contributed by atoms with van der Waals surface area (Å²) in [5, 5.41) is 2.64. The quantitative estimate of drug-likeness (QED) is 0.688. The topological polar surface area (TPSA) is 38.3 Å². The summed E-state index contributed by atoms with van der Waals surface area (Å²) >= 11 is 0. The Balaban J connectivity index is 0. The van der Waals surface area contributed by atoms with Gasteiger partial charge in [0.25, 0.3) is 0 Å². The number of hydrogen-bond acceptors (Lipinski definition) is 2. The number of nitrogens with one attached hydrogen (secondary N) is 1. The van der Waals surface area contributed by atoms with Crippen LogP contribution in [0.4, 0.5) is 4.79 Å². The maximum absolute atomic E-state index is 10.9. The molecular weight excluding hydrogens is 166 g/mol. The van der Waals surface area contributed by atoms with Gasteiger partial charge >= 0.3 is 6.09 Å². The summed E-state index contributed by atoms with van der Waals surface area (Å²) in [6, 6.07) is 0.129. The van der Waals surface area contributed by atoms with Crippen molar-refractivity contribution in [3.63, 3.8) is 0 Å². The molecule has 0 aliphatic carbocycles. The Morgan fingerprint density at radius 3 is 1.85 bits per heavy atom. The second-order valence-corrected chi connectivity index (χ2v) is 3.80. The molecule has 0 saturated heterocycles. The summed E-state index contributed by atoms with van der Waals surface area (Å²) in [5.41, 5.74) is -0.404. The van der Waals surface area contributed by atoms with E-state index in [1.807, 2.05) is 48.5 Å². The highest BCUT2D eigenvalue weighted by atomic mass is 16.6. The number of ether oxygens (including phenoxy) is 1. The Kier molecular flexibility index (Phi) is 7.67. The zero-order chi connectivity index (χ0) is 11.1. The lowest BCUT2D eigenvalue weighted by atomic mass is 10.2. The van der Waals surface area contributed by atoms with Crippen molar-refractivity contribution < 1.29 is 9.53 Å². The predicted octanol–water partition coefficient (Wildman–Crippen LogP) is 2.95. The molecule has 0 unspecified atom stereocenters. The van der Waals surface area contributed by atoms with Gasteiger partial charge in [0, 0.05) is 6.04 Å². The second kappa shape index (κ2) is 6.75. The molecular formula is C10H23NO2. The van der Waals surface area contributed by atoms with Gasteiger partial charge in [0.05, 0.1) is 0 Å². The van der Waals surface area contributed by atoms with Crippen molar-refractivity contribution in [2.75, 3.05) is 0 Å². The van der Waals surface area contributed by atoms with Crippen LogP contribution in [0, 0.1) is 0 Å². The maximum Gasteiger partial charge on any atom is 0.407 e. The third-order valence-corrected chi connectivity index (χ3v) is 0.805. The highest BCUT2D eigenvalue weighted by molar-refractivity contribution is 5.67. The van der Waals surface area contributed by atoms with Crippen LogP contribution >= 0.6 is 0 Å². The van der Waals surface area contributed by atoms with Gasteiger partial charge in [0.2, 0.25) is 0 Å². The Labute approximate surface area is 81.9 Å². The van der Waals surface area contributed by atoms with Crippen molar-refractivity contribution in [2.24, 2.45) is 0 Å². The molecule has 0 aromatic carbocycles. The lowest BCUT2D eigenvalue weighted by Crippen LogP contribution is -2.36. The van der Waals surface area contributed by atoms with Crippen LogP contribution in [0.25, 0.3) is 0 Å². The number of hydrogen-bond donors (Lipinski definition) is 1. The van der Waals surface area contributed by atoms with Crippen LogP contribution < -0.4 is 5.32 Å². The minimum atomic E-state index is -0.404. The van der Waals surface area contributed by atoms with Gasteiger partial charge in [-0.3, -0.25) is 0 Å². The number of carbonyl (C=O) groups is 1. The van der Waals surface area contributed by atoms with Crippen LogP contribution in [0.15, 0.2) is 0 Å². The fourth-order valence-corrected chi connectivity index (χ4v) is 0.543. The van der Waals surface area contributed by atoms with Gasteiger partial charge in [-0.2, -0.15) is 0 Å². The van der Waals surface area contributed by atoms with Gasteiger partial charge in [-0.05, 0) is 34.6 Å².